The van der Waals surface area contributed by atoms with Crippen molar-refractivity contribution >= 4 is 51.6 Å². The number of carbonyl (C=O) groups excluding carboxylic acids is 1. The zero-order valence-electron chi connectivity index (χ0n) is 15.0. The highest BCUT2D eigenvalue weighted by Gasteiger charge is 2.28. The van der Waals surface area contributed by atoms with Crippen molar-refractivity contribution in [3.8, 4) is 17.0 Å². The second-order valence-electron chi connectivity index (χ2n) is 6.01. The summed E-state index contributed by atoms with van der Waals surface area (Å²) in [6.07, 6.45) is 4.43. The van der Waals surface area contributed by atoms with Crippen LogP contribution in [-0.2, 0) is 6.42 Å². The largest absolute Gasteiger partial charge is 0.492 e. The predicted octanol–water partition coefficient (Wildman–Crippen LogP) is 3.59. The first-order valence-corrected chi connectivity index (χ1v) is 11.6. The number of thiazole rings is 1. The number of allylic oxidation sites excluding steroid dienone is 1. The molecule has 142 valence electrons. The Morgan fingerprint density at radius 3 is 2.81 bits per heavy atom. The van der Waals surface area contributed by atoms with Crippen LogP contribution in [0.5, 0.6) is 5.75 Å². The van der Waals surface area contributed by atoms with Crippen LogP contribution in [0.15, 0.2) is 24.4 Å². The van der Waals surface area contributed by atoms with Gasteiger partial charge in [-0.15, -0.1) is 11.3 Å². The molecule has 0 radical (unpaired) electrons. The van der Waals surface area contributed by atoms with E-state index >= 15 is 0 Å². The fourth-order valence-corrected chi connectivity index (χ4v) is 4.00. The van der Waals surface area contributed by atoms with E-state index in [1.54, 1.807) is 0 Å². The molecule has 1 fully saturated rings. The molecule has 3 heterocycles. The van der Waals surface area contributed by atoms with Gasteiger partial charge in [0.05, 0.1) is 12.3 Å². The molecule has 2 aliphatic heterocycles. The zero-order chi connectivity index (χ0) is 19.4. The number of alkyl halides is 1. The van der Waals surface area contributed by atoms with Gasteiger partial charge in [0.25, 0.3) is 5.91 Å². The van der Waals surface area contributed by atoms with Crippen molar-refractivity contribution < 1.29 is 9.53 Å². The summed E-state index contributed by atoms with van der Waals surface area (Å²) in [4.78, 5) is 22.0. The third kappa shape index (κ3) is 3.86. The molecule has 1 aromatic carbocycles. The van der Waals surface area contributed by atoms with Crippen molar-refractivity contribution in [2.75, 3.05) is 24.6 Å². The lowest BCUT2D eigenvalue weighted by Crippen LogP contribution is -2.41. The number of nitrogens with one attached hydrogen (secondary N) is 1. The van der Waals surface area contributed by atoms with Crippen LogP contribution in [0.1, 0.15) is 26.7 Å². The SMILES string of the molecule is CI.N=C/C(=C\N)c1ccc2c(c1)OCCc1sc(C(=O)N3CCC3)nc1-2. The molecule has 27 heavy (non-hydrogen) atoms. The maximum atomic E-state index is 12.5. The zero-order valence-corrected chi connectivity index (χ0v) is 18.0. The van der Waals surface area contributed by atoms with Crippen LogP contribution in [0.3, 0.4) is 0 Å². The van der Waals surface area contributed by atoms with Gasteiger partial charge in [0.15, 0.2) is 5.01 Å². The maximum Gasteiger partial charge on any atom is 0.282 e. The number of rotatable bonds is 3. The first kappa shape index (κ1) is 19.8. The number of ether oxygens (including phenoxy) is 1. The van der Waals surface area contributed by atoms with Gasteiger partial charge in [-0.2, -0.15) is 0 Å². The fraction of sp³-hybridized carbons (Fsp3) is 0.316. The van der Waals surface area contributed by atoms with Crippen LogP contribution in [0, 0.1) is 5.41 Å². The Hall–Kier alpha value is -1.94. The van der Waals surface area contributed by atoms with Gasteiger partial charge in [0, 0.05) is 47.9 Å². The number of likely N-dealkylation sites (tertiary alicyclic amines) is 1. The number of carbonyl (C=O) groups is 1. The van der Waals surface area contributed by atoms with Crippen LogP contribution in [0.2, 0.25) is 0 Å². The smallest absolute Gasteiger partial charge is 0.282 e. The van der Waals surface area contributed by atoms with Gasteiger partial charge in [-0.1, -0.05) is 28.7 Å². The molecule has 0 saturated carbocycles. The van der Waals surface area contributed by atoms with Gasteiger partial charge in [-0.3, -0.25) is 4.79 Å². The lowest BCUT2D eigenvalue weighted by atomic mass is 10.0. The molecule has 1 aromatic heterocycles. The van der Waals surface area contributed by atoms with E-state index in [2.05, 4.69) is 27.6 Å². The van der Waals surface area contributed by atoms with E-state index in [1.807, 2.05) is 28.0 Å². The first-order valence-electron chi connectivity index (χ1n) is 8.58. The van der Waals surface area contributed by atoms with E-state index in [1.165, 1.54) is 23.8 Å². The van der Waals surface area contributed by atoms with E-state index in [-0.39, 0.29) is 5.91 Å². The summed E-state index contributed by atoms with van der Waals surface area (Å²) in [5, 5.41) is 8.00. The summed E-state index contributed by atoms with van der Waals surface area (Å²) in [6.45, 7) is 2.18. The molecule has 3 N–H and O–H groups in total. The number of fused-ring (bicyclic) bond motifs is 3. The lowest BCUT2D eigenvalue weighted by Gasteiger charge is -2.29. The molecule has 2 aromatic rings. The number of benzene rings is 1. The minimum absolute atomic E-state index is 0.0283. The normalized spacial score (nSPS) is 15.2. The van der Waals surface area contributed by atoms with E-state index in [0.29, 0.717) is 22.9 Å². The summed E-state index contributed by atoms with van der Waals surface area (Å²) in [5.41, 5.74) is 8.75. The van der Waals surface area contributed by atoms with Gasteiger partial charge in [0.1, 0.15) is 5.75 Å². The third-order valence-electron chi connectivity index (χ3n) is 4.52. The van der Waals surface area contributed by atoms with Crippen molar-refractivity contribution in [3.63, 3.8) is 0 Å². The third-order valence-corrected chi connectivity index (χ3v) is 5.62. The van der Waals surface area contributed by atoms with E-state index < -0.39 is 0 Å². The number of amides is 1. The van der Waals surface area contributed by atoms with E-state index in [4.69, 9.17) is 15.9 Å². The van der Waals surface area contributed by atoms with Crippen molar-refractivity contribution in [3.05, 3.63) is 39.8 Å². The molecule has 1 saturated heterocycles. The number of aromatic nitrogens is 1. The number of hydrogen-bond acceptors (Lipinski definition) is 6. The number of nitrogens with two attached hydrogens (primary N) is 1. The Morgan fingerprint density at radius 1 is 1.41 bits per heavy atom. The Labute approximate surface area is 176 Å². The lowest BCUT2D eigenvalue weighted by molar-refractivity contribution is 0.0651. The highest BCUT2D eigenvalue weighted by atomic mass is 127. The fourth-order valence-electron chi connectivity index (χ4n) is 2.98. The van der Waals surface area contributed by atoms with Crippen LogP contribution in [0.25, 0.3) is 16.8 Å². The topological polar surface area (TPSA) is 92.3 Å². The summed E-state index contributed by atoms with van der Waals surface area (Å²) in [6, 6.07) is 5.71. The van der Waals surface area contributed by atoms with Crippen molar-refractivity contribution in [2.24, 2.45) is 5.73 Å². The minimum atomic E-state index is 0.0283. The molecule has 8 heteroatoms. The summed E-state index contributed by atoms with van der Waals surface area (Å²) in [5.74, 6) is 0.742. The predicted molar refractivity (Wildman–Crippen MR) is 118 cm³/mol. The average molecular weight is 496 g/mol. The molecule has 0 spiro atoms. The van der Waals surface area contributed by atoms with Gasteiger partial charge >= 0.3 is 0 Å². The van der Waals surface area contributed by atoms with Crippen molar-refractivity contribution in [2.45, 2.75) is 12.8 Å². The molecule has 6 nitrogen and oxygen atoms in total. The molecule has 2 aliphatic rings. The Balaban J connectivity index is 0.00000102. The van der Waals surface area contributed by atoms with Gasteiger partial charge in [-0.25, -0.2) is 4.98 Å². The standard InChI is InChI=1S/C18H18N4O2S.CH3I/c19-9-12(10-20)11-2-3-13-14(8-11)24-7-4-15-16(13)21-17(25-15)18(23)22-5-1-6-22;1-2/h2-3,8-10,19H,1,4-7,20H2;1H3/b12-10+,19-9?;. The van der Waals surface area contributed by atoms with Crippen molar-refractivity contribution in [1.82, 2.24) is 9.88 Å². The van der Waals surface area contributed by atoms with Crippen LogP contribution < -0.4 is 10.5 Å². The second kappa shape index (κ2) is 8.83. The van der Waals surface area contributed by atoms with Gasteiger partial charge in [0.2, 0.25) is 0 Å². The number of hydrogen-bond donors (Lipinski definition) is 2. The molecule has 4 rings (SSSR count). The number of halogens is 1. The quantitative estimate of drug-likeness (QED) is 0.386. The Bertz CT molecular complexity index is 890. The maximum absolute atomic E-state index is 12.5. The van der Waals surface area contributed by atoms with Gasteiger partial charge in [-0.05, 0) is 29.0 Å². The summed E-state index contributed by atoms with van der Waals surface area (Å²) in [7, 11) is 0. The van der Waals surface area contributed by atoms with Crippen molar-refractivity contribution in [1.29, 1.82) is 5.41 Å². The van der Waals surface area contributed by atoms with Crippen LogP contribution >= 0.6 is 33.9 Å². The molecule has 1 amide bonds. The highest BCUT2D eigenvalue weighted by Crippen LogP contribution is 2.39. The highest BCUT2D eigenvalue weighted by molar-refractivity contribution is 14.1. The minimum Gasteiger partial charge on any atom is -0.492 e. The summed E-state index contributed by atoms with van der Waals surface area (Å²) < 4.78 is 5.88. The average Bonchev–Trinajstić information content (AvgIpc) is 3.00. The molecular weight excluding hydrogens is 475 g/mol. The monoisotopic (exact) mass is 496 g/mol. The Kier molecular flexibility index (Phi) is 6.48. The molecule has 0 atom stereocenters. The molecule has 0 aliphatic carbocycles. The first-order chi connectivity index (χ1) is 13.2. The van der Waals surface area contributed by atoms with E-state index in [9.17, 15) is 4.79 Å². The van der Waals surface area contributed by atoms with Gasteiger partial charge < -0.3 is 20.8 Å². The summed E-state index contributed by atoms with van der Waals surface area (Å²) >= 11 is 3.62. The Morgan fingerprint density at radius 2 is 2.19 bits per heavy atom. The van der Waals surface area contributed by atoms with E-state index in [0.717, 1.165) is 47.6 Å². The van der Waals surface area contributed by atoms with Crippen LogP contribution in [0.4, 0.5) is 0 Å². The number of nitrogens with zero attached hydrogens (tertiary/aromatic N) is 2. The second-order valence-corrected chi connectivity index (χ2v) is 7.10. The molecule has 0 unspecified atom stereocenters. The molecule has 0 bridgehead atoms. The molecular formula is C19H21IN4O2S. The van der Waals surface area contributed by atoms with Crippen LogP contribution in [-0.4, -0.2) is 46.6 Å².